The van der Waals surface area contributed by atoms with Crippen LogP contribution in [0.25, 0.3) is 0 Å². The molecule has 1 aromatic heterocycles. The predicted molar refractivity (Wildman–Crippen MR) is 123 cm³/mol. The molecule has 1 aromatic carbocycles. The van der Waals surface area contributed by atoms with Crippen molar-refractivity contribution in [2.75, 3.05) is 16.8 Å². The molecule has 0 unspecified atom stereocenters. The molecule has 1 aliphatic carbocycles. The molecule has 0 saturated heterocycles. The van der Waals surface area contributed by atoms with Gasteiger partial charge in [-0.05, 0) is 44.7 Å². The average Bonchev–Trinajstić information content (AvgIpc) is 3.32. The summed E-state index contributed by atoms with van der Waals surface area (Å²) in [6.45, 7) is 3.67. The van der Waals surface area contributed by atoms with Crippen LogP contribution in [0.3, 0.4) is 0 Å². The van der Waals surface area contributed by atoms with Crippen molar-refractivity contribution in [2.24, 2.45) is 5.92 Å². The molecule has 0 spiro atoms. The Morgan fingerprint density at radius 3 is 2.73 bits per heavy atom. The summed E-state index contributed by atoms with van der Waals surface area (Å²) in [6.07, 6.45) is 5.86. The molecule has 1 heterocycles. The molecule has 2 N–H and O–H groups in total. The lowest BCUT2D eigenvalue weighted by Crippen LogP contribution is -2.39. The number of hydrogen-bond acceptors (Lipinski definition) is 5. The second-order valence-electron chi connectivity index (χ2n) is 8.05. The largest absolute Gasteiger partial charge is 0.480 e. The van der Waals surface area contributed by atoms with Gasteiger partial charge in [0.2, 0.25) is 0 Å². The molecule has 2 aromatic rings. The second-order valence-corrected chi connectivity index (χ2v) is 11.0. The summed E-state index contributed by atoms with van der Waals surface area (Å²) in [7, 11) is 1.81. The van der Waals surface area contributed by atoms with Crippen molar-refractivity contribution in [3.8, 4) is 0 Å². The van der Waals surface area contributed by atoms with Crippen LogP contribution in [0.1, 0.15) is 39.5 Å². The molecule has 0 aliphatic heterocycles. The number of nitrogens with one attached hydrogen (secondary N) is 1. The number of carbonyl (C=O) groups is 2. The molecular weight excluding hydrogens is 424 g/mol. The van der Waals surface area contributed by atoms with Crippen molar-refractivity contribution >= 4 is 59.2 Å². The van der Waals surface area contributed by atoms with Crippen LogP contribution < -0.4 is 15.7 Å². The van der Waals surface area contributed by atoms with Crippen LogP contribution in [0.4, 0.5) is 20.0 Å². The number of benzene rings is 1. The van der Waals surface area contributed by atoms with Gasteiger partial charge in [0.05, 0.1) is 16.1 Å². The molecule has 160 valence electrons. The maximum Gasteiger partial charge on any atom is 0.328 e. The molecule has 0 bridgehead atoms. The summed E-state index contributed by atoms with van der Waals surface area (Å²) in [5, 5.41) is 12.4. The molecule has 1 saturated carbocycles. The third-order valence-corrected chi connectivity index (χ3v) is 7.32. The standard InChI is InChI=1S/C20H25BFN3O3S2/c1-20(2,17(26)27)30-16-10-23-18(29-16)24-19(28)25(11-12-5-3-4-6-12)15-8-7-13(21)9-14(15)22/h7-10,12H,3-6,11,21H2,1-2H3,(H,26,27)(H,23,24,28). The molecule has 30 heavy (non-hydrogen) atoms. The Labute approximate surface area is 184 Å². The maximum atomic E-state index is 14.6. The minimum Gasteiger partial charge on any atom is -0.480 e. The number of carboxylic acids is 1. The van der Waals surface area contributed by atoms with E-state index in [-0.39, 0.29) is 5.69 Å². The van der Waals surface area contributed by atoms with E-state index in [2.05, 4.69) is 10.3 Å². The molecule has 1 fully saturated rings. The Kier molecular flexibility index (Phi) is 7.08. The zero-order chi connectivity index (χ0) is 21.9. The molecule has 10 heteroatoms. The van der Waals surface area contributed by atoms with E-state index in [1.165, 1.54) is 34.1 Å². The van der Waals surface area contributed by atoms with Crippen molar-refractivity contribution in [2.45, 2.75) is 48.5 Å². The van der Waals surface area contributed by atoms with Crippen LogP contribution >= 0.6 is 23.1 Å². The average molecular weight is 449 g/mol. The Hall–Kier alpha value is -2.07. The number of carbonyl (C=O) groups excluding carboxylic acids is 1. The van der Waals surface area contributed by atoms with Crippen molar-refractivity contribution in [3.05, 3.63) is 30.2 Å². The number of nitrogens with zero attached hydrogens (tertiary/aromatic N) is 2. The van der Waals surface area contributed by atoms with Gasteiger partial charge in [-0.25, -0.2) is 14.2 Å². The van der Waals surface area contributed by atoms with Gasteiger partial charge in [0.1, 0.15) is 18.4 Å². The van der Waals surface area contributed by atoms with Gasteiger partial charge in [0.15, 0.2) is 5.13 Å². The first-order chi connectivity index (χ1) is 14.2. The lowest BCUT2D eigenvalue weighted by atomic mass is 9.96. The van der Waals surface area contributed by atoms with E-state index >= 15 is 0 Å². The Bertz CT molecular complexity index is 932. The zero-order valence-electron chi connectivity index (χ0n) is 17.3. The molecule has 2 amide bonds. The van der Waals surface area contributed by atoms with E-state index in [9.17, 15) is 19.1 Å². The molecule has 6 nitrogen and oxygen atoms in total. The highest BCUT2D eigenvalue weighted by atomic mass is 32.2. The summed E-state index contributed by atoms with van der Waals surface area (Å²) < 4.78 is 14.3. The van der Waals surface area contributed by atoms with Crippen molar-refractivity contribution in [1.82, 2.24) is 4.98 Å². The Balaban J connectivity index is 1.77. The predicted octanol–water partition coefficient (Wildman–Crippen LogP) is 3.72. The number of rotatable bonds is 7. The van der Waals surface area contributed by atoms with Gasteiger partial charge in [-0.3, -0.25) is 15.0 Å². The summed E-state index contributed by atoms with van der Waals surface area (Å²) >= 11 is 2.37. The second kappa shape index (κ2) is 9.39. The highest BCUT2D eigenvalue weighted by molar-refractivity contribution is 8.03. The van der Waals surface area contributed by atoms with E-state index in [0.717, 1.165) is 31.1 Å². The monoisotopic (exact) mass is 449 g/mol. The number of anilines is 2. The molecule has 1 aliphatic rings. The third kappa shape index (κ3) is 5.54. The number of thioether (sulfide) groups is 1. The van der Waals surface area contributed by atoms with Gasteiger partial charge in [-0.15, -0.1) is 0 Å². The maximum absolute atomic E-state index is 14.6. The van der Waals surface area contributed by atoms with Crippen molar-refractivity contribution in [3.63, 3.8) is 0 Å². The highest BCUT2D eigenvalue weighted by Crippen LogP contribution is 2.37. The van der Waals surface area contributed by atoms with Gasteiger partial charge in [0.25, 0.3) is 0 Å². The summed E-state index contributed by atoms with van der Waals surface area (Å²) in [5.74, 6) is -1.01. The van der Waals surface area contributed by atoms with E-state index in [1.807, 2.05) is 7.85 Å². The lowest BCUT2D eigenvalue weighted by Gasteiger charge is -2.26. The summed E-state index contributed by atoms with van der Waals surface area (Å²) in [6, 6.07) is 4.42. The number of halogens is 1. The van der Waals surface area contributed by atoms with Crippen molar-refractivity contribution < 1.29 is 19.1 Å². The zero-order valence-corrected chi connectivity index (χ0v) is 18.9. The number of amides is 2. The van der Waals surface area contributed by atoms with Crippen molar-refractivity contribution in [1.29, 1.82) is 0 Å². The van der Waals surface area contributed by atoms with Gasteiger partial charge in [-0.1, -0.05) is 47.5 Å². The molecule has 0 radical (unpaired) electrons. The van der Waals surface area contributed by atoms with Gasteiger partial charge < -0.3 is 5.11 Å². The molecule has 0 atom stereocenters. The van der Waals surface area contributed by atoms with Crippen LogP contribution in [0.2, 0.25) is 0 Å². The van der Waals surface area contributed by atoms with E-state index in [4.69, 9.17) is 0 Å². The summed E-state index contributed by atoms with van der Waals surface area (Å²) in [5.41, 5.74) is 1.04. The van der Waals surface area contributed by atoms with Crippen LogP contribution in [0.5, 0.6) is 0 Å². The Morgan fingerprint density at radius 1 is 1.40 bits per heavy atom. The minimum absolute atomic E-state index is 0.253. The third-order valence-electron chi connectivity index (χ3n) is 5.12. The fourth-order valence-corrected chi connectivity index (χ4v) is 5.65. The van der Waals surface area contributed by atoms with E-state index < -0.39 is 22.6 Å². The van der Waals surface area contributed by atoms with E-state index in [1.54, 1.807) is 32.2 Å². The number of thiazole rings is 1. The van der Waals surface area contributed by atoms with E-state index in [0.29, 0.717) is 21.8 Å². The number of urea groups is 1. The number of carboxylic acid groups (broad SMARTS) is 1. The SMILES string of the molecule is Bc1ccc(N(CC2CCCC2)C(=O)Nc2ncc(SC(C)(C)C(=O)O)s2)c(F)c1. The quantitative estimate of drug-likeness (QED) is 0.497. The summed E-state index contributed by atoms with van der Waals surface area (Å²) in [4.78, 5) is 30.0. The van der Waals surface area contributed by atoms with Crippen LogP contribution in [0.15, 0.2) is 28.6 Å². The van der Waals surface area contributed by atoms with Gasteiger partial charge in [-0.2, -0.15) is 0 Å². The normalized spacial score (nSPS) is 14.6. The lowest BCUT2D eigenvalue weighted by molar-refractivity contribution is -0.138. The topological polar surface area (TPSA) is 82.5 Å². The fourth-order valence-electron chi connectivity index (χ4n) is 3.39. The van der Waals surface area contributed by atoms with Gasteiger partial charge in [0, 0.05) is 6.54 Å². The first-order valence-corrected chi connectivity index (χ1v) is 11.5. The fraction of sp³-hybridized carbons (Fsp3) is 0.450. The highest BCUT2D eigenvalue weighted by Gasteiger charge is 2.30. The molecule has 3 rings (SSSR count). The minimum atomic E-state index is -1.01. The first-order valence-electron chi connectivity index (χ1n) is 9.88. The van der Waals surface area contributed by atoms with Crippen LogP contribution in [-0.2, 0) is 4.79 Å². The van der Waals surface area contributed by atoms with Gasteiger partial charge >= 0.3 is 12.0 Å². The van der Waals surface area contributed by atoms with Crippen LogP contribution in [0, 0.1) is 11.7 Å². The molecular formula is C20H25BFN3O3S2. The Morgan fingerprint density at radius 2 is 2.10 bits per heavy atom. The first kappa shape index (κ1) is 22.6. The smallest absolute Gasteiger partial charge is 0.328 e. The number of aliphatic carboxylic acids is 1. The number of hydrogen-bond donors (Lipinski definition) is 2. The number of aromatic nitrogens is 1. The van der Waals surface area contributed by atoms with Crippen LogP contribution in [-0.4, -0.2) is 41.2 Å².